The largest absolute Gasteiger partial charge is 0.310 e. The van der Waals surface area contributed by atoms with Crippen molar-refractivity contribution in [1.82, 2.24) is 5.32 Å². The van der Waals surface area contributed by atoms with Crippen molar-refractivity contribution in [1.29, 1.82) is 0 Å². The van der Waals surface area contributed by atoms with Gasteiger partial charge in [0.05, 0.1) is 4.34 Å². The first-order chi connectivity index (χ1) is 9.22. The molecule has 1 aliphatic rings. The molecule has 2 aromatic rings. The molecule has 0 saturated carbocycles. The molecule has 3 rings (SSSR count). The van der Waals surface area contributed by atoms with Gasteiger partial charge in [-0.25, -0.2) is 4.39 Å². The topological polar surface area (TPSA) is 12.0 Å². The van der Waals surface area contributed by atoms with Gasteiger partial charge >= 0.3 is 0 Å². The van der Waals surface area contributed by atoms with Gasteiger partial charge in [-0.05, 0) is 54.7 Å². The van der Waals surface area contributed by atoms with Crippen LogP contribution in [-0.4, -0.2) is 6.54 Å². The number of thiophene rings is 1. The molecule has 1 aliphatic carbocycles. The van der Waals surface area contributed by atoms with Crippen LogP contribution in [0.2, 0.25) is 4.34 Å². The first-order valence-corrected chi connectivity index (χ1v) is 7.68. The molecule has 1 unspecified atom stereocenters. The van der Waals surface area contributed by atoms with Crippen molar-refractivity contribution in [2.45, 2.75) is 25.3 Å². The lowest BCUT2D eigenvalue weighted by Gasteiger charge is -2.13. The summed E-state index contributed by atoms with van der Waals surface area (Å²) >= 11 is 7.54. The van der Waals surface area contributed by atoms with Crippen LogP contribution < -0.4 is 5.32 Å². The Morgan fingerprint density at radius 1 is 1.32 bits per heavy atom. The molecule has 0 spiro atoms. The third-order valence-corrected chi connectivity index (χ3v) is 4.86. The smallest absolute Gasteiger partial charge is 0.123 e. The van der Waals surface area contributed by atoms with Crippen LogP contribution in [-0.2, 0) is 12.8 Å². The van der Waals surface area contributed by atoms with Crippen LogP contribution in [0.4, 0.5) is 4.39 Å². The average Bonchev–Trinajstić information content (AvgIpc) is 2.96. The highest BCUT2D eigenvalue weighted by Crippen LogP contribution is 2.31. The average molecular weight is 296 g/mol. The van der Waals surface area contributed by atoms with Crippen LogP contribution in [0.5, 0.6) is 0 Å². The summed E-state index contributed by atoms with van der Waals surface area (Å²) in [6.07, 6.45) is 3.02. The Labute approximate surface area is 121 Å². The summed E-state index contributed by atoms with van der Waals surface area (Å²) in [6, 6.07) is 9.51. The fourth-order valence-electron chi connectivity index (χ4n) is 2.65. The van der Waals surface area contributed by atoms with E-state index >= 15 is 0 Å². The Hall–Kier alpha value is -0.900. The molecule has 0 radical (unpaired) electrons. The summed E-state index contributed by atoms with van der Waals surface area (Å²) < 4.78 is 14.0. The van der Waals surface area contributed by atoms with E-state index in [4.69, 9.17) is 11.6 Å². The first-order valence-electron chi connectivity index (χ1n) is 6.48. The predicted molar refractivity (Wildman–Crippen MR) is 78.5 cm³/mol. The number of benzene rings is 1. The van der Waals surface area contributed by atoms with E-state index in [2.05, 4.69) is 11.4 Å². The maximum absolute atomic E-state index is 13.1. The van der Waals surface area contributed by atoms with Crippen molar-refractivity contribution in [3.8, 4) is 0 Å². The molecule has 0 fully saturated rings. The number of hydrogen-bond donors (Lipinski definition) is 1. The normalized spacial score (nSPS) is 17.7. The molecule has 1 aromatic heterocycles. The van der Waals surface area contributed by atoms with Crippen molar-refractivity contribution >= 4 is 22.9 Å². The number of fused-ring (bicyclic) bond motifs is 1. The Morgan fingerprint density at radius 3 is 3.00 bits per heavy atom. The lowest BCUT2D eigenvalue weighted by atomic mass is 10.1. The monoisotopic (exact) mass is 295 g/mol. The van der Waals surface area contributed by atoms with E-state index in [0.717, 1.165) is 35.7 Å². The third kappa shape index (κ3) is 2.99. The quantitative estimate of drug-likeness (QED) is 0.884. The lowest BCUT2D eigenvalue weighted by Crippen LogP contribution is -2.21. The first kappa shape index (κ1) is 13.1. The summed E-state index contributed by atoms with van der Waals surface area (Å²) in [4.78, 5) is 1.30. The van der Waals surface area contributed by atoms with Crippen LogP contribution >= 0.6 is 22.9 Å². The van der Waals surface area contributed by atoms with E-state index in [9.17, 15) is 4.39 Å². The molecule has 1 aromatic carbocycles. The van der Waals surface area contributed by atoms with Crippen molar-refractivity contribution in [2.75, 3.05) is 6.54 Å². The Balaban J connectivity index is 1.58. The summed E-state index contributed by atoms with van der Waals surface area (Å²) in [6.45, 7) is 0.929. The van der Waals surface area contributed by atoms with Crippen LogP contribution in [0.15, 0.2) is 30.3 Å². The van der Waals surface area contributed by atoms with Gasteiger partial charge in [-0.1, -0.05) is 17.7 Å². The Kier molecular flexibility index (Phi) is 3.87. The standard InChI is InChI=1S/C15H15ClFNS/c16-15-6-3-12(19-15)7-8-18-14-5-1-10-9-11(17)2-4-13(10)14/h2-4,6,9,14,18H,1,5,7-8H2. The molecule has 1 nitrogen and oxygen atoms in total. The predicted octanol–water partition coefficient (Wildman–Crippen LogP) is 4.36. The fraction of sp³-hybridized carbons (Fsp3) is 0.333. The van der Waals surface area contributed by atoms with E-state index in [0.29, 0.717) is 6.04 Å². The van der Waals surface area contributed by atoms with Gasteiger partial charge in [0, 0.05) is 17.5 Å². The number of hydrogen-bond acceptors (Lipinski definition) is 2. The van der Waals surface area contributed by atoms with Crippen molar-refractivity contribution in [2.24, 2.45) is 0 Å². The molecule has 1 heterocycles. The number of rotatable bonds is 4. The lowest BCUT2D eigenvalue weighted by molar-refractivity contribution is 0.534. The number of nitrogens with one attached hydrogen (secondary N) is 1. The molecule has 100 valence electrons. The molecule has 0 saturated heterocycles. The van der Waals surface area contributed by atoms with Gasteiger partial charge in [0.25, 0.3) is 0 Å². The van der Waals surface area contributed by atoms with Crippen molar-refractivity contribution in [3.05, 3.63) is 56.5 Å². The minimum atomic E-state index is -0.132. The van der Waals surface area contributed by atoms with Gasteiger partial charge < -0.3 is 5.32 Å². The van der Waals surface area contributed by atoms with Gasteiger partial charge in [-0.2, -0.15) is 0 Å². The Morgan fingerprint density at radius 2 is 2.21 bits per heavy atom. The van der Waals surface area contributed by atoms with Gasteiger partial charge in [0.15, 0.2) is 0 Å². The van der Waals surface area contributed by atoms with E-state index in [1.807, 2.05) is 12.1 Å². The summed E-state index contributed by atoms with van der Waals surface area (Å²) in [7, 11) is 0. The van der Waals surface area contributed by atoms with E-state index in [-0.39, 0.29) is 5.82 Å². The maximum Gasteiger partial charge on any atom is 0.123 e. The van der Waals surface area contributed by atoms with Crippen LogP contribution in [0.1, 0.15) is 28.5 Å². The van der Waals surface area contributed by atoms with Gasteiger partial charge in [0.1, 0.15) is 5.82 Å². The van der Waals surface area contributed by atoms with Crippen LogP contribution in [0.25, 0.3) is 0 Å². The summed E-state index contributed by atoms with van der Waals surface area (Å²) in [5.74, 6) is -0.132. The molecule has 1 N–H and O–H groups in total. The SMILES string of the molecule is Fc1ccc2c(c1)CCC2NCCc1ccc(Cl)s1. The Bertz CT molecular complexity index is 581. The molecule has 1 atom stereocenters. The molecule has 19 heavy (non-hydrogen) atoms. The molecule has 0 amide bonds. The zero-order chi connectivity index (χ0) is 13.2. The summed E-state index contributed by atoms with van der Waals surface area (Å²) in [5.41, 5.74) is 2.40. The van der Waals surface area contributed by atoms with Crippen molar-refractivity contribution in [3.63, 3.8) is 0 Å². The fourth-order valence-corrected chi connectivity index (χ4v) is 3.74. The van der Waals surface area contributed by atoms with E-state index in [1.165, 1.54) is 10.4 Å². The summed E-state index contributed by atoms with van der Waals surface area (Å²) in [5, 5.41) is 3.56. The highest BCUT2D eigenvalue weighted by molar-refractivity contribution is 7.16. The van der Waals surface area contributed by atoms with Gasteiger partial charge in [-0.15, -0.1) is 11.3 Å². The van der Waals surface area contributed by atoms with Crippen molar-refractivity contribution < 1.29 is 4.39 Å². The van der Waals surface area contributed by atoms with Crippen LogP contribution in [0.3, 0.4) is 0 Å². The second-order valence-corrected chi connectivity index (χ2v) is 6.64. The molecule has 0 bridgehead atoms. The third-order valence-electron chi connectivity index (χ3n) is 3.57. The second-order valence-electron chi connectivity index (χ2n) is 4.84. The molecule has 4 heteroatoms. The minimum absolute atomic E-state index is 0.132. The van der Waals surface area contributed by atoms with Gasteiger partial charge in [0.2, 0.25) is 0 Å². The maximum atomic E-state index is 13.1. The second kappa shape index (κ2) is 5.61. The molecular weight excluding hydrogens is 281 g/mol. The highest BCUT2D eigenvalue weighted by atomic mass is 35.5. The van der Waals surface area contributed by atoms with E-state index in [1.54, 1.807) is 23.5 Å². The van der Waals surface area contributed by atoms with Crippen LogP contribution in [0, 0.1) is 5.82 Å². The van der Waals surface area contributed by atoms with E-state index < -0.39 is 0 Å². The minimum Gasteiger partial charge on any atom is -0.310 e. The molecular formula is C15H15ClFNS. The highest BCUT2D eigenvalue weighted by Gasteiger charge is 2.21. The number of aryl methyl sites for hydroxylation is 1. The zero-order valence-corrected chi connectivity index (χ0v) is 12.0. The number of halogens is 2. The zero-order valence-electron chi connectivity index (χ0n) is 10.5. The molecule has 0 aliphatic heterocycles. The van der Waals surface area contributed by atoms with Gasteiger partial charge in [-0.3, -0.25) is 0 Å².